The highest BCUT2D eigenvalue weighted by Gasteiger charge is 2.30. The molecule has 0 saturated carbocycles. The van der Waals surface area contributed by atoms with Gasteiger partial charge in [0.25, 0.3) is 0 Å². The van der Waals surface area contributed by atoms with Gasteiger partial charge in [-0.1, -0.05) is 12.1 Å². The normalized spacial score (nSPS) is 22.5. The monoisotopic (exact) mass is 272 g/mol. The Morgan fingerprint density at radius 3 is 2.83 bits per heavy atom. The minimum absolute atomic E-state index is 0.0316. The number of sulfone groups is 1. The summed E-state index contributed by atoms with van der Waals surface area (Å²) in [6, 6.07) is 4.85. The van der Waals surface area contributed by atoms with Crippen LogP contribution in [0.1, 0.15) is 12.0 Å². The first-order valence-electron chi connectivity index (χ1n) is 5.82. The maximum atomic E-state index is 13.7. The minimum Gasteiger partial charge on any atom is -0.396 e. The van der Waals surface area contributed by atoms with Crippen molar-refractivity contribution in [3.05, 3.63) is 29.6 Å². The number of anilines is 1. The maximum absolute atomic E-state index is 13.7. The third-order valence-electron chi connectivity index (χ3n) is 3.36. The smallest absolute Gasteiger partial charge is 0.151 e. The van der Waals surface area contributed by atoms with Gasteiger partial charge in [-0.2, -0.15) is 0 Å². The molecule has 100 valence electrons. The van der Waals surface area contributed by atoms with E-state index >= 15 is 0 Å². The van der Waals surface area contributed by atoms with Gasteiger partial charge in [0.15, 0.2) is 15.7 Å². The van der Waals surface area contributed by atoms with Crippen molar-refractivity contribution in [1.29, 1.82) is 0 Å². The third-order valence-corrected chi connectivity index (χ3v) is 5.11. The Kier molecular flexibility index (Phi) is 3.59. The zero-order valence-electron chi connectivity index (χ0n) is 10.3. The van der Waals surface area contributed by atoms with Crippen LogP contribution in [-0.2, 0) is 16.4 Å². The summed E-state index contributed by atoms with van der Waals surface area (Å²) in [7, 11) is -1.10. The average Bonchev–Trinajstić information content (AvgIpc) is 2.65. The highest BCUT2D eigenvalue weighted by molar-refractivity contribution is 7.91. The lowest BCUT2D eigenvalue weighted by atomic mass is 10.1. The molecule has 1 heterocycles. The van der Waals surface area contributed by atoms with Crippen molar-refractivity contribution in [2.24, 2.45) is 0 Å². The lowest BCUT2D eigenvalue weighted by Crippen LogP contribution is -2.32. The molecule has 6 heteroatoms. The van der Waals surface area contributed by atoms with E-state index in [-0.39, 0.29) is 23.2 Å². The Labute approximate surface area is 107 Å². The van der Waals surface area contributed by atoms with E-state index in [0.717, 1.165) is 0 Å². The molecular weight excluding hydrogens is 255 g/mol. The zero-order chi connectivity index (χ0) is 13.3. The van der Waals surface area contributed by atoms with Crippen molar-refractivity contribution in [2.75, 3.05) is 24.3 Å². The van der Waals surface area contributed by atoms with E-state index in [1.807, 2.05) is 11.9 Å². The number of hydrogen-bond acceptors (Lipinski definition) is 4. The fourth-order valence-electron chi connectivity index (χ4n) is 2.24. The topological polar surface area (TPSA) is 63.4 Å². The Morgan fingerprint density at radius 2 is 2.22 bits per heavy atom. The summed E-state index contributed by atoms with van der Waals surface area (Å²) in [6.07, 6.45) is 0.614. The molecule has 1 aliphatic heterocycles. The number of nitrogen functional groups attached to an aromatic ring is 1. The highest BCUT2D eigenvalue weighted by atomic mass is 32.2. The summed E-state index contributed by atoms with van der Waals surface area (Å²) >= 11 is 0. The molecule has 2 rings (SSSR count). The van der Waals surface area contributed by atoms with Crippen LogP contribution in [0.15, 0.2) is 18.2 Å². The van der Waals surface area contributed by atoms with Crippen molar-refractivity contribution in [1.82, 2.24) is 4.90 Å². The van der Waals surface area contributed by atoms with Crippen LogP contribution in [0, 0.1) is 5.82 Å². The van der Waals surface area contributed by atoms with Crippen LogP contribution < -0.4 is 5.73 Å². The molecule has 18 heavy (non-hydrogen) atoms. The standard InChI is InChI=1S/C12H17FN2O2S/c1-15(10-5-6-18(16,17)8-10)7-9-3-2-4-11(14)12(9)13/h2-4,10H,5-8,14H2,1H3. The lowest BCUT2D eigenvalue weighted by Gasteiger charge is -2.23. The maximum Gasteiger partial charge on any atom is 0.151 e. The van der Waals surface area contributed by atoms with E-state index in [9.17, 15) is 12.8 Å². The molecule has 0 spiro atoms. The molecule has 0 amide bonds. The van der Waals surface area contributed by atoms with Gasteiger partial charge in [-0.3, -0.25) is 4.90 Å². The SMILES string of the molecule is CN(Cc1cccc(N)c1F)C1CCS(=O)(=O)C1. The van der Waals surface area contributed by atoms with Crippen molar-refractivity contribution >= 4 is 15.5 Å². The van der Waals surface area contributed by atoms with Crippen LogP contribution in [0.5, 0.6) is 0 Å². The largest absolute Gasteiger partial charge is 0.396 e. The number of rotatable bonds is 3. The molecule has 0 bridgehead atoms. The Balaban J connectivity index is 2.08. The molecule has 1 aliphatic rings. The first-order valence-corrected chi connectivity index (χ1v) is 7.65. The predicted octanol–water partition coefficient (Wildman–Crippen LogP) is 1.03. The average molecular weight is 272 g/mol. The fourth-order valence-corrected chi connectivity index (χ4v) is 4.05. The molecule has 1 unspecified atom stereocenters. The van der Waals surface area contributed by atoms with Gasteiger partial charge < -0.3 is 5.73 Å². The van der Waals surface area contributed by atoms with Crippen molar-refractivity contribution in [3.63, 3.8) is 0 Å². The summed E-state index contributed by atoms with van der Waals surface area (Å²) in [6.45, 7) is 0.372. The van der Waals surface area contributed by atoms with Gasteiger partial charge in [0.05, 0.1) is 17.2 Å². The predicted molar refractivity (Wildman–Crippen MR) is 69.3 cm³/mol. The zero-order valence-corrected chi connectivity index (χ0v) is 11.1. The fraction of sp³-hybridized carbons (Fsp3) is 0.500. The number of halogens is 1. The van der Waals surface area contributed by atoms with Crippen LogP contribution in [0.4, 0.5) is 10.1 Å². The van der Waals surface area contributed by atoms with Crippen LogP contribution >= 0.6 is 0 Å². The molecule has 4 nitrogen and oxygen atoms in total. The van der Waals surface area contributed by atoms with Gasteiger partial charge in [-0.15, -0.1) is 0 Å². The van der Waals surface area contributed by atoms with E-state index < -0.39 is 15.7 Å². The van der Waals surface area contributed by atoms with E-state index in [4.69, 9.17) is 5.73 Å². The minimum atomic E-state index is -2.91. The lowest BCUT2D eigenvalue weighted by molar-refractivity contribution is 0.250. The Hall–Kier alpha value is -1.14. The van der Waals surface area contributed by atoms with Crippen molar-refractivity contribution in [2.45, 2.75) is 19.0 Å². The van der Waals surface area contributed by atoms with E-state index in [0.29, 0.717) is 18.5 Å². The van der Waals surface area contributed by atoms with Crippen LogP contribution in [0.3, 0.4) is 0 Å². The second-order valence-corrected chi connectivity index (χ2v) is 7.02. The molecule has 1 saturated heterocycles. The van der Waals surface area contributed by atoms with Crippen molar-refractivity contribution in [3.8, 4) is 0 Å². The number of hydrogen-bond donors (Lipinski definition) is 1. The highest BCUT2D eigenvalue weighted by Crippen LogP contribution is 2.21. The second-order valence-electron chi connectivity index (χ2n) is 4.79. The van der Waals surface area contributed by atoms with E-state index in [2.05, 4.69) is 0 Å². The summed E-state index contributed by atoms with van der Waals surface area (Å²) in [5.41, 5.74) is 6.13. The molecule has 0 aliphatic carbocycles. The third kappa shape index (κ3) is 2.81. The molecule has 1 aromatic rings. The number of nitrogens with zero attached hydrogens (tertiary/aromatic N) is 1. The van der Waals surface area contributed by atoms with Gasteiger partial charge in [0.1, 0.15) is 0 Å². The summed E-state index contributed by atoms with van der Waals surface area (Å²) in [5, 5.41) is 0. The van der Waals surface area contributed by atoms with Gasteiger partial charge in [0.2, 0.25) is 0 Å². The first kappa shape index (κ1) is 13.3. The number of benzene rings is 1. The van der Waals surface area contributed by atoms with Gasteiger partial charge >= 0.3 is 0 Å². The molecule has 0 aromatic heterocycles. The first-order chi connectivity index (χ1) is 8.39. The van der Waals surface area contributed by atoms with Crippen LogP contribution in [-0.4, -0.2) is 37.9 Å². The Bertz CT molecular complexity index is 545. The number of nitrogens with two attached hydrogens (primary N) is 1. The molecule has 1 aromatic carbocycles. The Morgan fingerprint density at radius 1 is 1.50 bits per heavy atom. The van der Waals surface area contributed by atoms with Crippen molar-refractivity contribution < 1.29 is 12.8 Å². The summed E-state index contributed by atoms with van der Waals surface area (Å²) < 4.78 is 36.5. The molecule has 1 fully saturated rings. The van der Waals surface area contributed by atoms with Crippen LogP contribution in [0.2, 0.25) is 0 Å². The molecule has 1 atom stereocenters. The van der Waals surface area contributed by atoms with Gasteiger partial charge in [0, 0.05) is 18.2 Å². The molecular formula is C12H17FN2O2S. The van der Waals surface area contributed by atoms with Gasteiger partial charge in [-0.05, 0) is 19.5 Å². The quantitative estimate of drug-likeness (QED) is 0.835. The van der Waals surface area contributed by atoms with Crippen LogP contribution in [0.25, 0.3) is 0 Å². The molecule has 0 radical (unpaired) electrons. The summed E-state index contributed by atoms with van der Waals surface area (Å²) in [5.74, 6) is -0.0281. The van der Waals surface area contributed by atoms with E-state index in [1.54, 1.807) is 12.1 Å². The van der Waals surface area contributed by atoms with E-state index in [1.165, 1.54) is 6.07 Å². The molecule has 2 N–H and O–H groups in total. The summed E-state index contributed by atoms with van der Waals surface area (Å²) in [4.78, 5) is 1.88. The van der Waals surface area contributed by atoms with Gasteiger partial charge in [-0.25, -0.2) is 12.8 Å². The second kappa shape index (κ2) is 4.85.